The minimum atomic E-state index is -1.47. The van der Waals surface area contributed by atoms with Crippen LogP contribution in [-0.2, 0) is 9.53 Å². The molecule has 2 N–H and O–H groups in total. The van der Waals surface area contributed by atoms with E-state index >= 15 is 0 Å². The highest BCUT2D eigenvalue weighted by atomic mass is 32.1. The number of ether oxygens (including phenoxy) is 1. The van der Waals surface area contributed by atoms with Gasteiger partial charge in [0.1, 0.15) is 12.1 Å². The molecule has 0 fully saturated rings. The average Bonchev–Trinajstić information content (AvgIpc) is 2.94. The molecule has 1 unspecified atom stereocenters. The fourth-order valence-electron chi connectivity index (χ4n) is 3.02. The van der Waals surface area contributed by atoms with Gasteiger partial charge in [-0.3, -0.25) is 0 Å². The zero-order chi connectivity index (χ0) is 18.0. The number of alkyl carbamates (subject to hydrolysis) is 1. The molecule has 0 aromatic heterocycles. The standard InChI is InChI=1S/C19H19NO4S/c1-19(11-25,17(21)22)20-18(23)24-10-16-14-8-4-2-6-12(14)13-7-3-5-9-15(13)16/h2-9,16,25H,10-11H2,1H3,(H,20,23)(H,21,22). The Kier molecular flexibility index (Phi) is 4.72. The topological polar surface area (TPSA) is 75.6 Å². The van der Waals surface area contributed by atoms with Gasteiger partial charge in [0, 0.05) is 11.7 Å². The normalized spacial score (nSPS) is 15.0. The molecule has 0 saturated carbocycles. The van der Waals surface area contributed by atoms with Gasteiger partial charge < -0.3 is 15.2 Å². The number of hydrogen-bond donors (Lipinski definition) is 3. The van der Waals surface area contributed by atoms with Gasteiger partial charge in [0.15, 0.2) is 0 Å². The van der Waals surface area contributed by atoms with Gasteiger partial charge in [-0.1, -0.05) is 48.5 Å². The molecule has 1 aliphatic rings. The fourth-order valence-corrected chi connectivity index (χ4v) is 3.23. The second kappa shape index (κ2) is 6.80. The van der Waals surface area contributed by atoms with Gasteiger partial charge in [-0.05, 0) is 29.2 Å². The number of nitrogens with one attached hydrogen (secondary N) is 1. The minimum absolute atomic E-state index is 0.0352. The van der Waals surface area contributed by atoms with Crippen LogP contribution in [0.2, 0.25) is 0 Å². The highest BCUT2D eigenvalue weighted by molar-refractivity contribution is 7.80. The van der Waals surface area contributed by atoms with Gasteiger partial charge in [0.2, 0.25) is 0 Å². The van der Waals surface area contributed by atoms with Crippen molar-refractivity contribution in [1.82, 2.24) is 5.32 Å². The molecule has 3 rings (SSSR count). The van der Waals surface area contributed by atoms with Crippen molar-refractivity contribution in [2.75, 3.05) is 12.4 Å². The third kappa shape index (κ3) is 3.22. The molecule has 1 amide bonds. The van der Waals surface area contributed by atoms with Gasteiger partial charge in [-0.2, -0.15) is 12.6 Å². The highest BCUT2D eigenvalue weighted by Crippen LogP contribution is 2.44. The molecule has 0 heterocycles. The van der Waals surface area contributed by atoms with Gasteiger partial charge in [-0.15, -0.1) is 0 Å². The Morgan fingerprint density at radius 1 is 1.12 bits per heavy atom. The third-order valence-corrected chi connectivity index (χ3v) is 5.14. The summed E-state index contributed by atoms with van der Waals surface area (Å²) in [5, 5.41) is 11.6. The van der Waals surface area contributed by atoms with E-state index in [0.29, 0.717) is 0 Å². The summed E-state index contributed by atoms with van der Waals surface area (Å²) in [6, 6.07) is 16.0. The van der Waals surface area contributed by atoms with Gasteiger partial charge >= 0.3 is 12.1 Å². The first-order valence-electron chi connectivity index (χ1n) is 7.93. The number of amides is 1. The maximum atomic E-state index is 12.1. The lowest BCUT2D eigenvalue weighted by Gasteiger charge is -2.24. The van der Waals surface area contributed by atoms with E-state index in [1.165, 1.54) is 6.92 Å². The number of carbonyl (C=O) groups excluding carboxylic acids is 1. The molecule has 130 valence electrons. The van der Waals surface area contributed by atoms with Crippen LogP contribution in [0.3, 0.4) is 0 Å². The quantitative estimate of drug-likeness (QED) is 0.718. The number of benzene rings is 2. The number of fused-ring (bicyclic) bond motifs is 3. The second-order valence-corrected chi connectivity index (χ2v) is 6.56. The Bertz CT molecular complexity index is 777. The average molecular weight is 357 g/mol. The van der Waals surface area contributed by atoms with E-state index in [1.54, 1.807) is 0 Å². The van der Waals surface area contributed by atoms with Crippen LogP contribution >= 0.6 is 12.6 Å². The molecule has 0 bridgehead atoms. The van der Waals surface area contributed by atoms with E-state index in [-0.39, 0.29) is 18.3 Å². The second-order valence-electron chi connectivity index (χ2n) is 6.25. The molecule has 0 spiro atoms. The van der Waals surface area contributed by atoms with E-state index < -0.39 is 17.6 Å². The summed E-state index contributed by atoms with van der Waals surface area (Å²) in [7, 11) is 0. The molecule has 6 heteroatoms. The van der Waals surface area contributed by atoms with Crippen LogP contribution in [0.5, 0.6) is 0 Å². The van der Waals surface area contributed by atoms with Gasteiger partial charge in [0.25, 0.3) is 0 Å². The molecule has 5 nitrogen and oxygen atoms in total. The van der Waals surface area contributed by atoms with E-state index in [4.69, 9.17) is 4.74 Å². The smallest absolute Gasteiger partial charge is 0.408 e. The molecule has 25 heavy (non-hydrogen) atoms. The lowest BCUT2D eigenvalue weighted by Crippen LogP contribution is -2.54. The maximum absolute atomic E-state index is 12.1. The van der Waals surface area contributed by atoms with E-state index in [9.17, 15) is 14.7 Å². The van der Waals surface area contributed by atoms with Crippen LogP contribution in [0, 0.1) is 0 Å². The number of carbonyl (C=O) groups is 2. The molecular weight excluding hydrogens is 338 g/mol. The molecule has 2 aromatic rings. The largest absolute Gasteiger partial charge is 0.479 e. The number of aliphatic carboxylic acids is 1. The Balaban J connectivity index is 1.76. The van der Waals surface area contributed by atoms with Crippen molar-refractivity contribution < 1.29 is 19.4 Å². The monoisotopic (exact) mass is 357 g/mol. The van der Waals surface area contributed by atoms with Crippen molar-refractivity contribution in [2.45, 2.75) is 18.4 Å². The van der Waals surface area contributed by atoms with E-state index in [0.717, 1.165) is 22.3 Å². The lowest BCUT2D eigenvalue weighted by molar-refractivity contribution is -0.142. The highest BCUT2D eigenvalue weighted by Gasteiger charge is 2.35. The first kappa shape index (κ1) is 17.4. The summed E-state index contributed by atoms with van der Waals surface area (Å²) >= 11 is 3.99. The summed E-state index contributed by atoms with van der Waals surface area (Å²) < 4.78 is 5.34. The van der Waals surface area contributed by atoms with Crippen molar-refractivity contribution in [3.63, 3.8) is 0 Å². The zero-order valence-electron chi connectivity index (χ0n) is 13.7. The SMILES string of the molecule is CC(CS)(NC(=O)OCC1c2ccccc2-c2ccccc21)C(=O)O. The summed E-state index contributed by atoms with van der Waals surface area (Å²) in [4.78, 5) is 23.3. The number of thiol groups is 1. The Morgan fingerprint density at radius 2 is 1.64 bits per heavy atom. The van der Waals surface area contributed by atoms with Crippen LogP contribution in [-0.4, -0.2) is 35.1 Å². The molecule has 0 aliphatic heterocycles. The van der Waals surface area contributed by atoms with E-state index in [1.807, 2.05) is 36.4 Å². The summed E-state index contributed by atoms with van der Waals surface area (Å²) in [5.74, 6) is -1.26. The number of carboxylic acids is 1. The van der Waals surface area contributed by atoms with Crippen LogP contribution in [0.25, 0.3) is 11.1 Å². The number of carboxylic acid groups (broad SMARTS) is 1. The maximum Gasteiger partial charge on any atom is 0.408 e. The molecule has 1 aliphatic carbocycles. The van der Waals surface area contributed by atoms with Gasteiger partial charge in [-0.25, -0.2) is 9.59 Å². The van der Waals surface area contributed by atoms with Crippen molar-refractivity contribution in [3.8, 4) is 11.1 Å². The number of hydrogen-bond acceptors (Lipinski definition) is 4. The van der Waals surface area contributed by atoms with Crippen molar-refractivity contribution in [1.29, 1.82) is 0 Å². The van der Waals surface area contributed by atoms with Crippen LogP contribution in [0.15, 0.2) is 48.5 Å². The molecule has 0 saturated heterocycles. The first-order valence-corrected chi connectivity index (χ1v) is 8.57. The minimum Gasteiger partial charge on any atom is -0.479 e. The lowest BCUT2D eigenvalue weighted by atomic mass is 9.98. The predicted molar refractivity (Wildman–Crippen MR) is 98.1 cm³/mol. The summed E-state index contributed by atoms with van der Waals surface area (Å²) in [5.41, 5.74) is 3.01. The van der Waals surface area contributed by atoms with Gasteiger partial charge in [0.05, 0.1) is 0 Å². The van der Waals surface area contributed by atoms with Crippen LogP contribution in [0.4, 0.5) is 4.79 Å². The first-order chi connectivity index (χ1) is 12.0. The molecule has 0 radical (unpaired) electrons. The summed E-state index contributed by atoms with van der Waals surface area (Å²) in [6.45, 7) is 1.53. The van der Waals surface area contributed by atoms with Crippen molar-refractivity contribution in [2.24, 2.45) is 0 Å². The van der Waals surface area contributed by atoms with Crippen LogP contribution < -0.4 is 5.32 Å². The molecule has 2 aromatic carbocycles. The van der Waals surface area contributed by atoms with Crippen molar-refractivity contribution >= 4 is 24.7 Å². The fraction of sp³-hybridized carbons (Fsp3) is 0.263. The zero-order valence-corrected chi connectivity index (χ0v) is 14.6. The Labute approximate surface area is 151 Å². The van der Waals surface area contributed by atoms with Crippen LogP contribution in [0.1, 0.15) is 24.0 Å². The Morgan fingerprint density at radius 3 is 2.12 bits per heavy atom. The number of rotatable bonds is 5. The van der Waals surface area contributed by atoms with Crippen molar-refractivity contribution in [3.05, 3.63) is 59.7 Å². The summed E-state index contributed by atoms with van der Waals surface area (Å²) in [6.07, 6.45) is -0.763. The molecule has 1 atom stereocenters. The molecular formula is C19H19NO4S. The third-order valence-electron chi connectivity index (χ3n) is 4.51. The predicted octanol–water partition coefficient (Wildman–Crippen LogP) is 3.30. The Hall–Kier alpha value is -2.47. The van der Waals surface area contributed by atoms with E-state index in [2.05, 4.69) is 30.1 Å².